The summed E-state index contributed by atoms with van der Waals surface area (Å²) in [6, 6.07) is 0. The lowest BCUT2D eigenvalue weighted by Crippen LogP contribution is -2.27. The number of rotatable bonds is 2. The van der Waals surface area contributed by atoms with E-state index in [-0.39, 0.29) is 0 Å². The van der Waals surface area contributed by atoms with E-state index in [2.05, 4.69) is 6.92 Å². The summed E-state index contributed by atoms with van der Waals surface area (Å²) in [7, 11) is 1.72. The van der Waals surface area contributed by atoms with Gasteiger partial charge < -0.3 is 9.47 Å². The second-order valence-electron chi connectivity index (χ2n) is 3.08. The molecular formula is C8H16O2. The minimum absolute atomic E-state index is 0.355. The van der Waals surface area contributed by atoms with E-state index in [1.54, 1.807) is 7.11 Å². The Morgan fingerprint density at radius 2 is 2.40 bits per heavy atom. The Bertz CT molecular complexity index is 91.3. The molecule has 0 saturated carbocycles. The molecule has 0 bridgehead atoms. The third kappa shape index (κ3) is 2.27. The van der Waals surface area contributed by atoms with Crippen molar-refractivity contribution in [2.75, 3.05) is 20.3 Å². The van der Waals surface area contributed by atoms with Crippen LogP contribution in [0.1, 0.15) is 19.8 Å². The Balaban J connectivity index is 2.18. The van der Waals surface area contributed by atoms with E-state index in [4.69, 9.17) is 9.47 Å². The van der Waals surface area contributed by atoms with Crippen LogP contribution in [0.4, 0.5) is 0 Å². The molecule has 1 saturated heterocycles. The molecule has 1 rings (SSSR count). The predicted molar refractivity (Wildman–Crippen MR) is 40.0 cm³/mol. The molecule has 0 aliphatic carbocycles. The van der Waals surface area contributed by atoms with Crippen molar-refractivity contribution >= 4 is 0 Å². The molecule has 0 N–H and O–H groups in total. The van der Waals surface area contributed by atoms with Gasteiger partial charge in [-0.1, -0.05) is 6.92 Å². The van der Waals surface area contributed by atoms with Crippen LogP contribution in [-0.4, -0.2) is 26.4 Å². The summed E-state index contributed by atoms with van der Waals surface area (Å²) >= 11 is 0. The molecule has 0 aromatic carbocycles. The quantitative estimate of drug-likeness (QED) is 0.584. The molecule has 1 aliphatic rings. The van der Waals surface area contributed by atoms with Gasteiger partial charge in [0.05, 0.1) is 12.7 Å². The van der Waals surface area contributed by atoms with Gasteiger partial charge in [-0.3, -0.25) is 0 Å². The maximum Gasteiger partial charge on any atom is 0.0810 e. The number of hydrogen-bond donors (Lipinski definition) is 0. The molecule has 10 heavy (non-hydrogen) atoms. The van der Waals surface area contributed by atoms with Crippen molar-refractivity contribution in [2.45, 2.75) is 25.9 Å². The van der Waals surface area contributed by atoms with Crippen LogP contribution >= 0.6 is 0 Å². The van der Waals surface area contributed by atoms with Gasteiger partial charge in [0.15, 0.2) is 0 Å². The topological polar surface area (TPSA) is 18.5 Å². The van der Waals surface area contributed by atoms with Crippen LogP contribution in [-0.2, 0) is 9.47 Å². The lowest BCUT2D eigenvalue weighted by molar-refractivity contribution is -0.0445. The molecule has 0 spiro atoms. The normalized spacial score (nSPS) is 34.2. The third-order valence-corrected chi connectivity index (χ3v) is 1.98. The molecule has 1 aliphatic heterocycles. The summed E-state index contributed by atoms with van der Waals surface area (Å²) in [5, 5.41) is 0. The van der Waals surface area contributed by atoms with Crippen molar-refractivity contribution in [1.82, 2.24) is 0 Å². The molecule has 1 heterocycles. The van der Waals surface area contributed by atoms with E-state index in [0.717, 1.165) is 25.6 Å². The van der Waals surface area contributed by atoms with E-state index >= 15 is 0 Å². The highest BCUT2D eigenvalue weighted by atomic mass is 16.5. The van der Waals surface area contributed by atoms with Gasteiger partial charge in [-0.2, -0.15) is 0 Å². The molecular weight excluding hydrogens is 128 g/mol. The van der Waals surface area contributed by atoms with Gasteiger partial charge in [0, 0.05) is 13.7 Å². The lowest BCUT2D eigenvalue weighted by atomic mass is 9.98. The average Bonchev–Trinajstić information content (AvgIpc) is 1.88. The predicted octanol–water partition coefficient (Wildman–Crippen LogP) is 1.45. The number of hydrogen-bond acceptors (Lipinski definition) is 2. The Morgan fingerprint density at radius 1 is 1.60 bits per heavy atom. The molecule has 1 fully saturated rings. The summed E-state index contributed by atoms with van der Waals surface area (Å²) in [6.45, 7) is 3.94. The van der Waals surface area contributed by atoms with E-state index in [9.17, 15) is 0 Å². The summed E-state index contributed by atoms with van der Waals surface area (Å²) in [5.74, 6) is 0.814. The second kappa shape index (κ2) is 3.94. The van der Waals surface area contributed by atoms with Crippen LogP contribution in [0.3, 0.4) is 0 Å². The molecule has 1 unspecified atom stereocenters. The first-order valence-electron chi connectivity index (χ1n) is 3.93. The Kier molecular flexibility index (Phi) is 3.16. The maximum atomic E-state index is 5.46. The molecule has 0 radical (unpaired) electrons. The van der Waals surface area contributed by atoms with Crippen LogP contribution < -0.4 is 0 Å². The smallest absolute Gasteiger partial charge is 0.0810 e. The maximum absolute atomic E-state index is 5.46. The average molecular weight is 144 g/mol. The SMILES string of the molecule is COCC1C[C@H](C)CCO1. The highest BCUT2D eigenvalue weighted by molar-refractivity contribution is 4.67. The van der Waals surface area contributed by atoms with Gasteiger partial charge in [-0.25, -0.2) is 0 Å². The molecule has 0 aromatic rings. The van der Waals surface area contributed by atoms with Crippen LogP contribution in [0.15, 0.2) is 0 Å². The first kappa shape index (κ1) is 8.02. The first-order chi connectivity index (χ1) is 4.83. The number of ether oxygens (including phenoxy) is 2. The first-order valence-corrected chi connectivity index (χ1v) is 3.93. The molecule has 2 nitrogen and oxygen atoms in total. The number of methoxy groups -OCH3 is 1. The Hall–Kier alpha value is -0.0800. The van der Waals surface area contributed by atoms with Crippen LogP contribution in [0, 0.1) is 5.92 Å². The fraction of sp³-hybridized carbons (Fsp3) is 1.00. The summed E-state index contributed by atoms with van der Waals surface area (Å²) in [6.07, 6.45) is 2.72. The van der Waals surface area contributed by atoms with Crippen LogP contribution in [0.25, 0.3) is 0 Å². The van der Waals surface area contributed by atoms with Gasteiger partial charge in [0.25, 0.3) is 0 Å². The molecule has 60 valence electrons. The molecule has 2 atom stereocenters. The van der Waals surface area contributed by atoms with E-state index in [1.165, 1.54) is 6.42 Å². The van der Waals surface area contributed by atoms with Crippen molar-refractivity contribution in [3.63, 3.8) is 0 Å². The van der Waals surface area contributed by atoms with E-state index in [1.807, 2.05) is 0 Å². The summed E-state index contributed by atoms with van der Waals surface area (Å²) in [4.78, 5) is 0. The van der Waals surface area contributed by atoms with E-state index in [0.29, 0.717) is 6.10 Å². The van der Waals surface area contributed by atoms with Crippen molar-refractivity contribution in [1.29, 1.82) is 0 Å². The summed E-state index contributed by atoms with van der Waals surface area (Å²) < 4.78 is 10.5. The zero-order chi connectivity index (χ0) is 7.40. The van der Waals surface area contributed by atoms with Gasteiger partial charge in [-0.15, -0.1) is 0 Å². The van der Waals surface area contributed by atoms with Gasteiger partial charge in [0.2, 0.25) is 0 Å². The Morgan fingerprint density at radius 3 is 3.00 bits per heavy atom. The molecule has 0 amide bonds. The zero-order valence-electron chi connectivity index (χ0n) is 6.80. The van der Waals surface area contributed by atoms with Crippen LogP contribution in [0.5, 0.6) is 0 Å². The van der Waals surface area contributed by atoms with Crippen molar-refractivity contribution in [3.05, 3.63) is 0 Å². The van der Waals surface area contributed by atoms with Crippen molar-refractivity contribution < 1.29 is 9.47 Å². The van der Waals surface area contributed by atoms with Gasteiger partial charge >= 0.3 is 0 Å². The Labute approximate surface area is 62.5 Å². The largest absolute Gasteiger partial charge is 0.382 e. The second-order valence-corrected chi connectivity index (χ2v) is 3.08. The highest BCUT2D eigenvalue weighted by Crippen LogP contribution is 2.18. The monoisotopic (exact) mass is 144 g/mol. The fourth-order valence-corrected chi connectivity index (χ4v) is 1.37. The fourth-order valence-electron chi connectivity index (χ4n) is 1.37. The standard InChI is InChI=1S/C8H16O2/c1-7-3-4-10-8(5-7)6-9-2/h7-8H,3-6H2,1-2H3/t7-,8?/m1/s1. The molecule has 2 heteroatoms. The highest BCUT2D eigenvalue weighted by Gasteiger charge is 2.18. The molecule has 0 aromatic heterocycles. The van der Waals surface area contributed by atoms with Crippen LogP contribution in [0.2, 0.25) is 0 Å². The van der Waals surface area contributed by atoms with Crippen molar-refractivity contribution in [3.8, 4) is 0 Å². The van der Waals surface area contributed by atoms with E-state index < -0.39 is 0 Å². The lowest BCUT2D eigenvalue weighted by Gasteiger charge is -2.26. The van der Waals surface area contributed by atoms with Crippen molar-refractivity contribution in [2.24, 2.45) is 5.92 Å². The third-order valence-electron chi connectivity index (χ3n) is 1.98. The van der Waals surface area contributed by atoms with Gasteiger partial charge in [-0.05, 0) is 18.8 Å². The zero-order valence-corrected chi connectivity index (χ0v) is 6.80. The minimum Gasteiger partial charge on any atom is -0.382 e. The van der Waals surface area contributed by atoms with Gasteiger partial charge in [0.1, 0.15) is 0 Å². The minimum atomic E-state index is 0.355. The summed E-state index contributed by atoms with van der Waals surface area (Å²) in [5.41, 5.74) is 0.